The van der Waals surface area contributed by atoms with Crippen molar-refractivity contribution < 1.29 is 23.9 Å². The zero-order valence-corrected chi connectivity index (χ0v) is 17.1. The predicted molar refractivity (Wildman–Crippen MR) is 116 cm³/mol. The average Bonchev–Trinajstić information content (AvgIpc) is 2.81. The van der Waals surface area contributed by atoms with Gasteiger partial charge in [-0.3, -0.25) is 24.0 Å². The molecule has 2 aromatic carbocycles. The second-order valence-electron chi connectivity index (χ2n) is 6.65. The molecule has 0 spiro atoms. The van der Waals surface area contributed by atoms with Gasteiger partial charge in [-0.1, -0.05) is 18.2 Å². The number of hydrogen-bond acceptors (Lipinski definition) is 6. The predicted octanol–water partition coefficient (Wildman–Crippen LogP) is 0.799. The van der Waals surface area contributed by atoms with Crippen molar-refractivity contribution >= 4 is 40.3 Å². The van der Waals surface area contributed by atoms with E-state index in [1.54, 1.807) is 36.4 Å². The molecule has 0 atom stereocenters. The van der Waals surface area contributed by atoms with E-state index in [4.69, 9.17) is 0 Å². The van der Waals surface area contributed by atoms with E-state index in [0.717, 1.165) is 0 Å². The number of fused-ring (bicyclic) bond motifs is 1. The van der Waals surface area contributed by atoms with Crippen LogP contribution in [0.15, 0.2) is 59.5 Å². The lowest BCUT2D eigenvalue weighted by atomic mass is 10.1. The van der Waals surface area contributed by atoms with Gasteiger partial charge in [0.2, 0.25) is 11.3 Å². The highest BCUT2D eigenvalue weighted by Crippen LogP contribution is 2.11. The van der Waals surface area contributed by atoms with Gasteiger partial charge >= 0.3 is 5.97 Å². The number of H-pyrrole nitrogens is 1. The highest BCUT2D eigenvalue weighted by atomic mass is 16.5. The number of rotatable bonds is 7. The van der Waals surface area contributed by atoms with Crippen molar-refractivity contribution in [1.29, 1.82) is 0 Å². The molecule has 10 heteroatoms. The number of carbonyl (C=O) groups is 4. The number of pyridine rings is 1. The molecule has 0 radical (unpaired) electrons. The van der Waals surface area contributed by atoms with Gasteiger partial charge in [0.05, 0.1) is 13.7 Å². The maximum absolute atomic E-state index is 12.5. The molecule has 0 saturated carbocycles. The Morgan fingerprint density at radius 1 is 0.938 bits per heavy atom. The fourth-order valence-electron chi connectivity index (χ4n) is 2.86. The number of nitrogens with one attached hydrogen (secondary N) is 4. The Bertz CT molecular complexity index is 1250. The molecule has 0 unspecified atom stereocenters. The maximum Gasteiger partial charge on any atom is 0.325 e. The number of hydrogen-bond donors (Lipinski definition) is 4. The number of amides is 3. The van der Waals surface area contributed by atoms with Crippen molar-refractivity contribution in [2.45, 2.75) is 0 Å². The molecule has 0 saturated heterocycles. The monoisotopic (exact) mass is 436 g/mol. The number of benzene rings is 2. The van der Waals surface area contributed by atoms with Gasteiger partial charge in [0.1, 0.15) is 12.1 Å². The number of methoxy groups -OCH3 is 1. The first-order valence-corrected chi connectivity index (χ1v) is 9.52. The van der Waals surface area contributed by atoms with Crippen LogP contribution in [-0.4, -0.2) is 48.9 Å². The SMILES string of the molecule is COC(=O)CNC(=O)c1cccc(NC(=O)CNC(=O)c2c[nH]c3ccccc3c2=O)c1. The summed E-state index contributed by atoms with van der Waals surface area (Å²) in [4.78, 5) is 63.1. The smallest absolute Gasteiger partial charge is 0.325 e. The van der Waals surface area contributed by atoms with Crippen LogP contribution in [0, 0.1) is 0 Å². The molecule has 1 heterocycles. The minimum Gasteiger partial charge on any atom is -0.468 e. The zero-order chi connectivity index (χ0) is 23.1. The quantitative estimate of drug-likeness (QED) is 0.403. The molecule has 4 N–H and O–H groups in total. The van der Waals surface area contributed by atoms with Crippen molar-refractivity contribution in [2.24, 2.45) is 0 Å². The van der Waals surface area contributed by atoms with E-state index < -0.39 is 29.1 Å². The highest BCUT2D eigenvalue weighted by molar-refractivity contribution is 6.01. The van der Waals surface area contributed by atoms with E-state index in [1.165, 1.54) is 25.4 Å². The van der Waals surface area contributed by atoms with Crippen LogP contribution in [0.1, 0.15) is 20.7 Å². The molecular formula is C22H20N4O6. The lowest BCUT2D eigenvalue weighted by Crippen LogP contribution is -2.35. The molecule has 3 rings (SSSR count). The van der Waals surface area contributed by atoms with Gasteiger partial charge in [-0.2, -0.15) is 0 Å². The van der Waals surface area contributed by atoms with E-state index >= 15 is 0 Å². The van der Waals surface area contributed by atoms with Crippen molar-refractivity contribution in [1.82, 2.24) is 15.6 Å². The summed E-state index contributed by atoms with van der Waals surface area (Å²) in [7, 11) is 1.21. The van der Waals surface area contributed by atoms with Crippen LogP contribution in [0.5, 0.6) is 0 Å². The summed E-state index contributed by atoms with van der Waals surface area (Å²) in [6.45, 7) is -0.671. The number of para-hydroxylation sites is 1. The van der Waals surface area contributed by atoms with Crippen LogP contribution in [0.2, 0.25) is 0 Å². The van der Waals surface area contributed by atoms with Crippen molar-refractivity contribution in [3.63, 3.8) is 0 Å². The van der Waals surface area contributed by atoms with Crippen LogP contribution in [-0.2, 0) is 14.3 Å². The largest absolute Gasteiger partial charge is 0.468 e. The molecule has 164 valence electrons. The zero-order valence-electron chi connectivity index (χ0n) is 17.1. The summed E-state index contributed by atoms with van der Waals surface area (Å²) in [5.41, 5.74) is 0.586. The maximum atomic E-state index is 12.5. The number of aromatic nitrogens is 1. The molecule has 10 nitrogen and oxygen atoms in total. The second kappa shape index (κ2) is 10.0. The van der Waals surface area contributed by atoms with Gasteiger partial charge in [0, 0.05) is 28.4 Å². The fraction of sp³-hybridized carbons (Fsp3) is 0.136. The number of carbonyl (C=O) groups excluding carboxylic acids is 4. The van der Waals surface area contributed by atoms with Gasteiger partial charge in [0.15, 0.2) is 0 Å². The van der Waals surface area contributed by atoms with Crippen LogP contribution in [0.3, 0.4) is 0 Å². The lowest BCUT2D eigenvalue weighted by molar-refractivity contribution is -0.139. The Balaban J connectivity index is 1.59. The number of ether oxygens (including phenoxy) is 1. The normalized spacial score (nSPS) is 10.3. The third kappa shape index (κ3) is 5.36. The summed E-state index contributed by atoms with van der Waals surface area (Å²) in [6.07, 6.45) is 1.30. The molecule has 0 bridgehead atoms. The van der Waals surface area contributed by atoms with E-state index in [2.05, 4.69) is 25.7 Å². The molecule has 0 aliphatic heterocycles. The van der Waals surface area contributed by atoms with Crippen LogP contribution in [0.25, 0.3) is 10.9 Å². The second-order valence-corrected chi connectivity index (χ2v) is 6.65. The van der Waals surface area contributed by atoms with Crippen LogP contribution in [0.4, 0.5) is 5.69 Å². The van der Waals surface area contributed by atoms with Gasteiger partial charge in [-0.05, 0) is 30.3 Å². The van der Waals surface area contributed by atoms with Crippen LogP contribution < -0.4 is 21.4 Å². The minimum atomic E-state index is -0.692. The van der Waals surface area contributed by atoms with E-state index in [-0.39, 0.29) is 24.2 Å². The average molecular weight is 436 g/mol. The molecular weight excluding hydrogens is 416 g/mol. The van der Waals surface area contributed by atoms with E-state index in [9.17, 15) is 24.0 Å². The van der Waals surface area contributed by atoms with E-state index in [1.807, 2.05) is 0 Å². The topological polar surface area (TPSA) is 146 Å². The van der Waals surface area contributed by atoms with Crippen LogP contribution >= 0.6 is 0 Å². The van der Waals surface area contributed by atoms with Crippen molar-refractivity contribution in [3.05, 3.63) is 76.1 Å². The third-order valence-corrected chi connectivity index (χ3v) is 4.47. The number of anilines is 1. The Morgan fingerprint density at radius 3 is 2.47 bits per heavy atom. The Labute approximate surface area is 182 Å². The molecule has 1 aromatic heterocycles. The highest BCUT2D eigenvalue weighted by Gasteiger charge is 2.14. The molecule has 3 amide bonds. The summed E-state index contributed by atoms with van der Waals surface area (Å²) >= 11 is 0. The third-order valence-electron chi connectivity index (χ3n) is 4.47. The molecule has 0 fully saturated rings. The molecule has 0 aliphatic carbocycles. The summed E-state index contributed by atoms with van der Waals surface area (Å²) in [5.74, 6) is -2.36. The van der Waals surface area contributed by atoms with Gasteiger partial charge < -0.3 is 25.7 Å². The van der Waals surface area contributed by atoms with Gasteiger partial charge in [0.25, 0.3) is 11.8 Å². The Kier molecular flexibility index (Phi) is 6.96. The summed E-state index contributed by atoms with van der Waals surface area (Å²) in [6, 6.07) is 12.8. The standard InChI is InChI=1S/C22H20N4O6/c1-32-19(28)12-25-21(30)13-5-4-6-14(9-13)26-18(27)11-24-22(31)16-10-23-17-8-3-2-7-15(17)20(16)29/h2-10H,11-12H2,1H3,(H,23,29)(H,24,31)(H,25,30)(H,26,27). The Morgan fingerprint density at radius 2 is 1.69 bits per heavy atom. The van der Waals surface area contributed by atoms with E-state index in [0.29, 0.717) is 16.6 Å². The number of esters is 1. The summed E-state index contributed by atoms with van der Waals surface area (Å²) in [5, 5.41) is 7.71. The summed E-state index contributed by atoms with van der Waals surface area (Å²) < 4.78 is 4.45. The lowest BCUT2D eigenvalue weighted by Gasteiger charge is -2.09. The first kappa shape index (κ1) is 22.2. The number of aromatic amines is 1. The first-order chi connectivity index (χ1) is 15.4. The van der Waals surface area contributed by atoms with Crippen molar-refractivity contribution in [2.75, 3.05) is 25.5 Å². The minimum absolute atomic E-state index is 0.110. The first-order valence-electron chi connectivity index (χ1n) is 9.52. The molecule has 32 heavy (non-hydrogen) atoms. The molecule has 3 aromatic rings. The Hall–Kier alpha value is -4.47. The van der Waals surface area contributed by atoms with Gasteiger partial charge in [-0.25, -0.2) is 0 Å². The fourth-order valence-corrected chi connectivity index (χ4v) is 2.86. The van der Waals surface area contributed by atoms with Crippen molar-refractivity contribution in [3.8, 4) is 0 Å². The molecule has 0 aliphatic rings. The van der Waals surface area contributed by atoms with Gasteiger partial charge in [-0.15, -0.1) is 0 Å².